The van der Waals surface area contributed by atoms with Gasteiger partial charge in [-0.25, -0.2) is 0 Å². The first kappa shape index (κ1) is 26.9. The number of likely N-dealkylation sites (tertiary alicyclic amines) is 1. The molecule has 0 spiro atoms. The summed E-state index contributed by atoms with van der Waals surface area (Å²) in [5, 5.41) is 21.1. The van der Waals surface area contributed by atoms with E-state index in [0.29, 0.717) is 36.6 Å². The van der Waals surface area contributed by atoms with Gasteiger partial charge in [-0.3, -0.25) is 9.59 Å². The number of hydrogen-bond acceptors (Lipinski definition) is 6. The van der Waals surface area contributed by atoms with Crippen LogP contribution < -0.4 is 4.74 Å². The number of phenolic OH excluding ortho intramolecular Hbond substituents is 1. The number of hydrogen-bond donors (Lipinski definition) is 2. The van der Waals surface area contributed by atoms with Crippen molar-refractivity contribution in [3.8, 4) is 11.5 Å². The Morgan fingerprint density at radius 3 is 2.29 bits per heavy atom. The molecule has 1 fully saturated rings. The van der Waals surface area contributed by atoms with Crippen LogP contribution in [0.3, 0.4) is 0 Å². The minimum atomic E-state index is -0.761. The number of ketones is 1. The van der Waals surface area contributed by atoms with Crippen LogP contribution in [0.2, 0.25) is 0 Å². The number of aromatic hydroxyl groups is 1. The summed E-state index contributed by atoms with van der Waals surface area (Å²) in [6.45, 7) is 9.10. The molecule has 1 aliphatic rings. The van der Waals surface area contributed by atoms with Gasteiger partial charge in [0.25, 0.3) is 11.7 Å². The number of benzene rings is 3. The number of likely N-dealkylation sites (N-methyl/N-ethyl adjacent to an activating group) is 1. The molecule has 3 aromatic rings. The molecule has 1 amide bonds. The van der Waals surface area contributed by atoms with E-state index in [1.807, 2.05) is 39.0 Å². The molecule has 0 aliphatic carbocycles. The average molecular weight is 515 g/mol. The van der Waals surface area contributed by atoms with Crippen LogP contribution >= 0.6 is 0 Å². The number of carbonyl (C=O) groups is 2. The lowest BCUT2D eigenvalue weighted by Gasteiger charge is -2.28. The zero-order valence-corrected chi connectivity index (χ0v) is 22.1. The van der Waals surface area contributed by atoms with Crippen LogP contribution in [0, 0.1) is 6.92 Å². The van der Waals surface area contributed by atoms with Crippen molar-refractivity contribution < 1.29 is 24.5 Å². The fourth-order valence-electron chi connectivity index (χ4n) is 4.74. The van der Waals surface area contributed by atoms with Gasteiger partial charge in [0, 0.05) is 18.7 Å². The fourth-order valence-corrected chi connectivity index (χ4v) is 4.74. The summed E-state index contributed by atoms with van der Waals surface area (Å²) >= 11 is 0. The van der Waals surface area contributed by atoms with E-state index in [1.54, 1.807) is 36.4 Å². The Kier molecular flexibility index (Phi) is 8.48. The maximum atomic E-state index is 13.2. The molecule has 0 bridgehead atoms. The molecular weight excluding hydrogens is 480 g/mol. The van der Waals surface area contributed by atoms with E-state index < -0.39 is 17.7 Å². The summed E-state index contributed by atoms with van der Waals surface area (Å²) in [5.74, 6) is -0.903. The second-order valence-corrected chi connectivity index (χ2v) is 9.41. The lowest BCUT2D eigenvalue weighted by Crippen LogP contribution is -2.38. The second-order valence-electron chi connectivity index (χ2n) is 9.41. The lowest BCUT2D eigenvalue weighted by atomic mass is 9.95. The van der Waals surface area contributed by atoms with Gasteiger partial charge in [-0.2, -0.15) is 0 Å². The normalized spacial score (nSPS) is 16.8. The number of rotatable bonds is 10. The van der Waals surface area contributed by atoms with Crippen molar-refractivity contribution in [1.82, 2.24) is 9.80 Å². The summed E-state index contributed by atoms with van der Waals surface area (Å²) in [5.41, 5.74) is 3.30. The molecule has 7 nitrogen and oxygen atoms in total. The predicted molar refractivity (Wildman–Crippen MR) is 147 cm³/mol. The first-order valence-corrected chi connectivity index (χ1v) is 12.9. The van der Waals surface area contributed by atoms with Crippen LogP contribution in [0.5, 0.6) is 11.5 Å². The highest BCUT2D eigenvalue weighted by Crippen LogP contribution is 2.39. The van der Waals surface area contributed by atoms with Gasteiger partial charge in [-0.05, 0) is 67.5 Å². The van der Waals surface area contributed by atoms with Crippen molar-refractivity contribution in [1.29, 1.82) is 0 Å². The Morgan fingerprint density at radius 1 is 0.974 bits per heavy atom. The number of phenols is 1. The molecule has 2 N–H and O–H groups in total. The Bertz CT molecular complexity index is 1310. The van der Waals surface area contributed by atoms with Crippen molar-refractivity contribution in [3.05, 3.63) is 101 Å². The average Bonchev–Trinajstić information content (AvgIpc) is 3.18. The Morgan fingerprint density at radius 2 is 1.66 bits per heavy atom. The van der Waals surface area contributed by atoms with Crippen LogP contribution in [-0.4, -0.2) is 57.9 Å². The van der Waals surface area contributed by atoms with Gasteiger partial charge < -0.3 is 24.7 Å². The van der Waals surface area contributed by atoms with Crippen molar-refractivity contribution >= 4 is 17.4 Å². The van der Waals surface area contributed by atoms with E-state index in [9.17, 15) is 19.8 Å². The van der Waals surface area contributed by atoms with Crippen molar-refractivity contribution in [2.24, 2.45) is 0 Å². The van der Waals surface area contributed by atoms with Crippen LogP contribution in [0.25, 0.3) is 5.76 Å². The minimum absolute atomic E-state index is 0.0358. The highest BCUT2D eigenvalue weighted by atomic mass is 16.5. The van der Waals surface area contributed by atoms with Gasteiger partial charge in [0.2, 0.25) is 0 Å². The molecule has 38 heavy (non-hydrogen) atoms. The third-order valence-corrected chi connectivity index (χ3v) is 6.92. The number of nitrogens with zero attached hydrogens (tertiary/aromatic N) is 2. The van der Waals surface area contributed by atoms with Crippen LogP contribution in [-0.2, 0) is 16.2 Å². The van der Waals surface area contributed by atoms with E-state index in [1.165, 1.54) is 17.0 Å². The second kappa shape index (κ2) is 12.0. The summed E-state index contributed by atoms with van der Waals surface area (Å²) in [6.07, 6.45) is 0. The first-order valence-electron chi connectivity index (χ1n) is 12.9. The molecule has 1 heterocycles. The van der Waals surface area contributed by atoms with E-state index in [-0.39, 0.29) is 17.1 Å². The highest BCUT2D eigenvalue weighted by Gasteiger charge is 2.45. The summed E-state index contributed by atoms with van der Waals surface area (Å²) in [6, 6.07) is 20.5. The molecule has 0 aromatic heterocycles. The Hall–Kier alpha value is -4.10. The maximum Gasteiger partial charge on any atom is 0.295 e. The van der Waals surface area contributed by atoms with Gasteiger partial charge >= 0.3 is 0 Å². The molecule has 7 heteroatoms. The van der Waals surface area contributed by atoms with Crippen molar-refractivity contribution in [2.75, 3.05) is 26.2 Å². The number of amides is 1. The highest BCUT2D eigenvalue weighted by molar-refractivity contribution is 6.46. The third-order valence-electron chi connectivity index (χ3n) is 6.92. The Balaban J connectivity index is 1.63. The number of ether oxygens (including phenoxy) is 1. The van der Waals surface area contributed by atoms with Crippen LogP contribution in [0.1, 0.15) is 42.1 Å². The third kappa shape index (κ3) is 5.89. The van der Waals surface area contributed by atoms with E-state index in [0.717, 1.165) is 24.2 Å². The first-order chi connectivity index (χ1) is 18.3. The van der Waals surface area contributed by atoms with Crippen LogP contribution in [0.15, 0.2) is 78.4 Å². The zero-order chi connectivity index (χ0) is 27.2. The molecule has 0 saturated carbocycles. The molecule has 4 rings (SSSR count). The molecule has 0 radical (unpaired) electrons. The smallest absolute Gasteiger partial charge is 0.295 e. The van der Waals surface area contributed by atoms with Gasteiger partial charge in [0.15, 0.2) is 0 Å². The van der Waals surface area contributed by atoms with Gasteiger partial charge in [0.05, 0.1) is 11.6 Å². The van der Waals surface area contributed by atoms with E-state index in [2.05, 4.69) is 11.0 Å². The number of aliphatic hydroxyl groups excluding tert-OH is 1. The van der Waals surface area contributed by atoms with Gasteiger partial charge in [-0.15, -0.1) is 0 Å². The summed E-state index contributed by atoms with van der Waals surface area (Å²) < 4.78 is 5.88. The SMILES string of the molecule is CCN(CC)CCN1C(=O)C(=O)/C(=C(/O)c2ccc(OCc3cccc(C)c3)cc2)[C@H]1c1ccc(O)cc1. The Labute approximate surface area is 223 Å². The largest absolute Gasteiger partial charge is 0.508 e. The number of Topliss-reactive ketones (excluding diaryl/α,β-unsaturated/α-hetero) is 1. The zero-order valence-electron chi connectivity index (χ0n) is 22.1. The molecule has 1 saturated heterocycles. The number of carbonyl (C=O) groups excluding carboxylic acids is 2. The fraction of sp³-hybridized carbons (Fsp3) is 0.290. The molecule has 198 valence electrons. The van der Waals surface area contributed by atoms with Crippen molar-refractivity contribution in [3.63, 3.8) is 0 Å². The van der Waals surface area contributed by atoms with Crippen molar-refractivity contribution in [2.45, 2.75) is 33.4 Å². The molecular formula is C31H34N2O5. The molecule has 1 atom stereocenters. The van der Waals surface area contributed by atoms with E-state index in [4.69, 9.17) is 4.74 Å². The van der Waals surface area contributed by atoms with Gasteiger partial charge in [-0.1, -0.05) is 55.8 Å². The number of aliphatic hydroxyl groups is 1. The quantitative estimate of drug-likeness (QED) is 0.224. The van der Waals surface area contributed by atoms with E-state index >= 15 is 0 Å². The summed E-state index contributed by atoms with van der Waals surface area (Å²) in [4.78, 5) is 30.0. The molecule has 3 aromatic carbocycles. The van der Waals surface area contributed by atoms with Gasteiger partial charge in [0.1, 0.15) is 23.9 Å². The molecule has 0 unspecified atom stereocenters. The maximum absolute atomic E-state index is 13.2. The topological polar surface area (TPSA) is 90.3 Å². The number of aryl methyl sites for hydroxylation is 1. The molecule has 1 aliphatic heterocycles. The van der Waals surface area contributed by atoms with Crippen LogP contribution in [0.4, 0.5) is 0 Å². The minimum Gasteiger partial charge on any atom is -0.508 e. The monoisotopic (exact) mass is 514 g/mol. The standard InChI is InChI=1S/C31H34N2O5/c1-4-32(5-2)17-18-33-28(23-9-13-25(34)14-10-23)27(30(36)31(33)37)29(35)24-11-15-26(16-12-24)38-20-22-8-6-7-21(3)19-22/h6-16,19,28,34-35H,4-5,17-18,20H2,1-3H3/b29-27+/t28-/m1/s1. The summed E-state index contributed by atoms with van der Waals surface area (Å²) in [7, 11) is 0. The lowest BCUT2D eigenvalue weighted by molar-refractivity contribution is -0.140. The predicted octanol–water partition coefficient (Wildman–Crippen LogP) is 5.04.